The van der Waals surface area contributed by atoms with Crippen LogP contribution in [0.3, 0.4) is 0 Å². The number of nitrogens with one attached hydrogen (secondary N) is 1. The predicted octanol–water partition coefficient (Wildman–Crippen LogP) is 1.40. The maximum atomic E-state index is 3.44. The molecule has 1 aliphatic heterocycles. The van der Waals surface area contributed by atoms with Crippen LogP contribution in [0.1, 0.15) is 33.1 Å². The fraction of sp³-hybridized carbons (Fsp3) is 1.00. The Hall–Kier alpha value is -0.120. The summed E-state index contributed by atoms with van der Waals surface area (Å²) in [5, 5.41) is 3.44. The summed E-state index contributed by atoms with van der Waals surface area (Å²) in [4.78, 5) is 5.19. The third kappa shape index (κ3) is 3.67. The molecule has 0 radical (unpaired) electrons. The second kappa shape index (κ2) is 5.68. The average Bonchev–Trinajstić information content (AvgIpc) is 2.24. The van der Waals surface area contributed by atoms with Crippen molar-refractivity contribution in [3.63, 3.8) is 0 Å². The van der Waals surface area contributed by atoms with Crippen LogP contribution in [-0.2, 0) is 0 Å². The van der Waals surface area contributed by atoms with E-state index in [1.807, 2.05) is 0 Å². The Balaban J connectivity index is 1.77. The Morgan fingerprint density at radius 2 is 1.88 bits per heavy atom. The molecule has 2 rings (SSSR count). The van der Waals surface area contributed by atoms with Gasteiger partial charge >= 0.3 is 0 Å². The molecular weight excluding hydrogens is 210 g/mol. The zero-order chi connectivity index (χ0) is 12.3. The smallest absolute Gasteiger partial charge is 0.0281 e. The van der Waals surface area contributed by atoms with Crippen molar-refractivity contribution in [2.24, 2.45) is 5.92 Å². The van der Waals surface area contributed by atoms with Gasteiger partial charge in [0.15, 0.2) is 0 Å². The fourth-order valence-corrected chi connectivity index (χ4v) is 3.21. The number of likely N-dealkylation sites (N-methyl/N-ethyl adjacent to an activating group) is 1. The molecule has 0 spiro atoms. The van der Waals surface area contributed by atoms with E-state index in [1.165, 1.54) is 45.4 Å². The zero-order valence-electron chi connectivity index (χ0n) is 11.8. The molecule has 2 aliphatic rings. The summed E-state index contributed by atoms with van der Waals surface area (Å²) >= 11 is 0. The highest BCUT2D eigenvalue weighted by atomic mass is 15.3. The van der Waals surface area contributed by atoms with Gasteiger partial charge in [-0.05, 0) is 39.7 Å². The highest BCUT2D eigenvalue weighted by molar-refractivity contribution is 4.87. The quantitative estimate of drug-likeness (QED) is 0.782. The summed E-state index contributed by atoms with van der Waals surface area (Å²) in [5.41, 5.74) is 0.320. The van der Waals surface area contributed by atoms with Gasteiger partial charge in [0.2, 0.25) is 0 Å². The standard InChI is InChI=1S/C14H29N3/c1-14(2,17-9-7-15-8-10-17)12-16(3)11-13-5-4-6-13/h13,15H,4-12H2,1-3H3. The molecule has 0 aromatic rings. The van der Waals surface area contributed by atoms with Crippen molar-refractivity contribution in [3.05, 3.63) is 0 Å². The van der Waals surface area contributed by atoms with E-state index in [0.717, 1.165) is 19.0 Å². The van der Waals surface area contributed by atoms with Gasteiger partial charge in [-0.1, -0.05) is 6.42 Å². The second-order valence-corrected chi connectivity index (χ2v) is 6.54. The molecule has 1 saturated carbocycles. The highest BCUT2D eigenvalue weighted by Gasteiger charge is 2.30. The average molecular weight is 239 g/mol. The first-order valence-electron chi connectivity index (χ1n) is 7.22. The summed E-state index contributed by atoms with van der Waals surface area (Å²) in [7, 11) is 2.29. The molecule has 1 N–H and O–H groups in total. The molecule has 0 atom stereocenters. The molecule has 0 bridgehead atoms. The van der Waals surface area contributed by atoms with Gasteiger partial charge in [-0.3, -0.25) is 4.90 Å². The molecule has 100 valence electrons. The van der Waals surface area contributed by atoms with E-state index in [4.69, 9.17) is 0 Å². The molecule has 0 unspecified atom stereocenters. The first kappa shape index (κ1) is 13.3. The summed E-state index contributed by atoms with van der Waals surface area (Å²) in [5.74, 6) is 0.985. The van der Waals surface area contributed by atoms with Crippen LogP contribution in [0.25, 0.3) is 0 Å². The maximum absolute atomic E-state index is 3.44. The van der Waals surface area contributed by atoms with Crippen molar-refractivity contribution in [1.82, 2.24) is 15.1 Å². The van der Waals surface area contributed by atoms with Gasteiger partial charge in [0, 0.05) is 44.8 Å². The minimum absolute atomic E-state index is 0.320. The fourth-order valence-electron chi connectivity index (χ4n) is 3.21. The van der Waals surface area contributed by atoms with Crippen LogP contribution in [0.5, 0.6) is 0 Å². The molecular formula is C14H29N3. The monoisotopic (exact) mass is 239 g/mol. The van der Waals surface area contributed by atoms with Crippen LogP contribution in [-0.4, -0.2) is 61.7 Å². The summed E-state index contributed by atoms with van der Waals surface area (Å²) in [6, 6.07) is 0. The molecule has 17 heavy (non-hydrogen) atoms. The summed E-state index contributed by atoms with van der Waals surface area (Å²) in [6.45, 7) is 12.0. The minimum Gasteiger partial charge on any atom is -0.314 e. The van der Waals surface area contributed by atoms with Crippen molar-refractivity contribution in [3.8, 4) is 0 Å². The van der Waals surface area contributed by atoms with E-state index >= 15 is 0 Å². The Bertz CT molecular complexity index is 230. The topological polar surface area (TPSA) is 18.5 Å². The zero-order valence-corrected chi connectivity index (χ0v) is 11.8. The van der Waals surface area contributed by atoms with E-state index in [9.17, 15) is 0 Å². The van der Waals surface area contributed by atoms with E-state index < -0.39 is 0 Å². The second-order valence-electron chi connectivity index (χ2n) is 6.54. The van der Waals surface area contributed by atoms with Crippen molar-refractivity contribution in [2.75, 3.05) is 46.3 Å². The SMILES string of the molecule is CN(CC1CCC1)CC(C)(C)N1CCNCC1. The van der Waals surface area contributed by atoms with Crippen molar-refractivity contribution < 1.29 is 0 Å². The van der Waals surface area contributed by atoms with Crippen LogP contribution in [0.15, 0.2) is 0 Å². The Kier molecular flexibility index (Phi) is 4.45. The van der Waals surface area contributed by atoms with E-state index in [1.54, 1.807) is 0 Å². The van der Waals surface area contributed by atoms with E-state index in [0.29, 0.717) is 5.54 Å². The first-order valence-corrected chi connectivity index (χ1v) is 7.22. The third-order valence-electron chi connectivity index (χ3n) is 4.42. The molecule has 1 heterocycles. The van der Waals surface area contributed by atoms with Gasteiger partial charge in [-0.25, -0.2) is 0 Å². The predicted molar refractivity (Wildman–Crippen MR) is 73.4 cm³/mol. The van der Waals surface area contributed by atoms with Crippen LogP contribution in [0.4, 0.5) is 0 Å². The lowest BCUT2D eigenvalue weighted by atomic mass is 9.85. The van der Waals surface area contributed by atoms with Crippen LogP contribution in [0.2, 0.25) is 0 Å². The number of piperazine rings is 1. The van der Waals surface area contributed by atoms with Gasteiger partial charge in [0.1, 0.15) is 0 Å². The van der Waals surface area contributed by atoms with Gasteiger partial charge in [-0.15, -0.1) is 0 Å². The summed E-state index contributed by atoms with van der Waals surface area (Å²) in [6.07, 6.45) is 4.37. The lowest BCUT2D eigenvalue weighted by molar-refractivity contribution is 0.0616. The van der Waals surface area contributed by atoms with Gasteiger partial charge < -0.3 is 10.2 Å². The Morgan fingerprint density at radius 1 is 1.24 bits per heavy atom. The molecule has 1 saturated heterocycles. The molecule has 0 aromatic heterocycles. The Labute approximate surface area is 107 Å². The van der Waals surface area contributed by atoms with Crippen LogP contribution in [0, 0.1) is 5.92 Å². The molecule has 3 heteroatoms. The van der Waals surface area contributed by atoms with Crippen molar-refractivity contribution in [2.45, 2.75) is 38.6 Å². The van der Waals surface area contributed by atoms with Crippen LogP contribution < -0.4 is 5.32 Å². The maximum Gasteiger partial charge on any atom is 0.0281 e. The molecule has 1 aliphatic carbocycles. The van der Waals surface area contributed by atoms with E-state index in [-0.39, 0.29) is 0 Å². The lowest BCUT2D eigenvalue weighted by Gasteiger charge is -2.44. The summed E-state index contributed by atoms with van der Waals surface area (Å²) < 4.78 is 0. The molecule has 3 nitrogen and oxygen atoms in total. The highest BCUT2D eigenvalue weighted by Crippen LogP contribution is 2.27. The van der Waals surface area contributed by atoms with Crippen LogP contribution >= 0.6 is 0 Å². The molecule has 0 amide bonds. The number of hydrogen-bond acceptors (Lipinski definition) is 3. The first-order chi connectivity index (χ1) is 8.08. The normalized spacial score (nSPS) is 24.0. The Morgan fingerprint density at radius 3 is 2.41 bits per heavy atom. The number of rotatable bonds is 5. The molecule has 0 aromatic carbocycles. The number of hydrogen-bond donors (Lipinski definition) is 1. The number of nitrogens with zero attached hydrogens (tertiary/aromatic N) is 2. The largest absolute Gasteiger partial charge is 0.314 e. The lowest BCUT2D eigenvalue weighted by Crippen LogP contribution is -2.57. The minimum atomic E-state index is 0.320. The van der Waals surface area contributed by atoms with Crippen molar-refractivity contribution in [1.29, 1.82) is 0 Å². The third-order valence-corrected chi connectivity index (χ3v) is 4.42. The van der Waals surface area contributed by atoms with Gasteiger partial charge in [-0.2, -0.15) is 0 Å². The van der Waals surface area contributed by atoms with E-state index in [2.05, 4.69) is 36.0 Å². The van der Waals surface area contributed by atoms with Gasteiger partial charge in [0.25, 0.3) is 0 Å². The van der Waals surface area contributed by atoms with Crippen molar-refractivity contribution >= 4 is 0 Å². The van der Waals surface area contributed by atoms with Gasteiger partial charge in [0.05, 0.1) is 0 Å². The molecule has 2 fully saturated rings.